The molecule has 0 spiro atoms. The molecule has 1 aromatic heterocycles. The number of aromatic nitrogens is 2. The monoisotopic (exact) mass is 376 g/mol. The summed E-state index contributed by atoms with van der Waals surface area (Å²) < 4.78 is 5.28. The molecular weight excluding hydrogens is 356 g/mol. The first kappa shape index (κ1) is 19.0. The molecule has 3 rings (SSSR count). The first-order valence-electron chi connectivity index (χ1n) is 8.68. The van der Waals surface area contributed by atoms with Crippen LogP contribution in [0.2, 0.25) is 0 Å². The quantitative estimate of drug-likeness (QED) is 0.614. The maximum atomic E-state index is 12.4. The van der Waals surface area contributed by atoms with Crippen LogP contribution in [-0.2, 0) is 6.54 Å². The van der Waals surface area contributed by atoms with E-state index in [4.69, 9.17) is 4.74 Å². The lowest BCUT2D eigenvalue weighted by atomic mass is 10.1. The van der Waals surface area contributed by atoms with Crippen LogP contribution in [0.1, 0.15) is 33.3 Å². The van der Waals surface area contributed by atoms with Crippen LogP contribution in [0, 0.1) is 0 Å². The van der Waals surface area contributed by atoms with E-state index in [0.717, 1.165) is 11.3 Å². The molecule has 0 atom stereocenters. The molecule has 3 aromatic rings. The molecule has 1 heterocycles. The average Bonchev–Trinajstić information content (AvgIpc) is 2.72. The maximum absolute atomic E-state index is 12.4. The van der Waals surface area contributed by atoms with Crippen LogP contribution in [0.25, 0.3) is 0 Å². The number of ketones is 1. The molecule has 0 radical (unpaired) electrons. The summed E-state index contributed by atoms with van der Waals surface area (Å²) in [5.74, 6) is 0.683. The van der Waals surface area contributed by atoms with Gasteiger partial charge < -0.3 is 15.4 Å². The summed E-state index contributed by atoms with van der Waals surface area (Å²) in [5.41, 5.74) is 2.46. The van der Waals surface area contributed by atoms with Gasteiger partial charge in [-0.25, -0.2) is 9.97 Å². The van der Waals surface area contributed by atoms with E-state index in [2.05, 4.69) is 20.6 Å². The number of benzene rings is 2. The first-order valence-corrected chi connectivity index (χ1v) is 8.68. The SMILES string of the molecule is COc1ccccc1CNC(=O)c1ccnc(Nc2ccc(C(C)=O)cc2)n1. The second-order valence-corrected chi connectivity index (χ2v) is 6.02. The number of methoxy groups -OCH3 is 1. The van der Waals surface area contributed by atoms with Crippen LogP contribution in [-0.4, -0.2) is 28.8 Å². The standard InChI is InChI=1S/C21H20N4O3/c1-14(26)15-7-9-17(10-8-15)24-21-22-12-11-18(25-21)20(27)23-13-16-5-3-4-6-19(16)28-2/h3-12H,13H2,1-2H3,(H,23,27)(H,22,24,25). The molecular formula is C21H20N4O3. The number of amides is 1. The number of nitrogens with zero attached hydrogens (tertiary/aromatic N) is 2. The number of hydrogen-bond acceptors (Lipinski definition) is 6. The number of hydrogen-bond donors (Lipinski definition) is 2. The summed E-state index contributed by atoms with van der Waals surface area (Å²) >= 11 is 0. The van der Waals surface area contributed by atoms with Crippen LogP contribution in [0.4, 0.5) is 11.6 Å². The van der Waals surface area contributed by atoms with Gasteiger partial charge in [0.15, 0.2) is 5.78 Å². The van der Waals surface area contributed by atoms with E-state index in [9.17, 15) is 9.59 Å². The molecule has 28 heavy (non-hydrogen) atoms. The smallest absolute Gasteiger partial charge is 0.270 e. The van der Waals surface area contributed by atoms with Gasteiger partial charge >= 0.3 is 0 Å². The fraction of sp³-hybridized carbons (Fsp3) is 0.143. The summed E-state index contributed by atoms with van der Waals surface area (Å²) in [7, 11) is 1.59. The summed E-state index contributed by atoms with van der Waals surface area (Å²) in [4.78, 5) is 32.2. The molecule has 2 aromatic carbocycles. The van der Waals surface area contributed by atoms with Gasteiger partial charge in [-0.3, -0.25) is 9.59 Å². The van der Waals surface area contributed by atoms with Gasteiger partial charge in [-0.15, -0.1) is 0 Å². The number of nitrogens with one attached hydrogen (secondary N) is 2. The topological polar surface area (TPSA) is 93.2 Å². The van der Waals surface area contributed by atoms with Gasteiger partial charge in [0.25, 0.3) is 5.91 Å². The second-order valence-electron chi connectivity index (χ2n) is 6.02. The lowest BCUT2D eigenvalue weighted by Crippen LogP contribution is -2.24. The molecule has 0 unspecified atom stereocenters. The molecule has 2 N–H and O–H groups in total. The van der Waals surface area contributed by atoms with Crippen LogP contribution >= 0.6 is 0 Å². The summed E-state index contributed by atoms with van der Waals surface area (Å²) in [6, 6.07) is 16.0. The predicted molar refractivity (Wildman–Crippen MR) is 106 cm³/mol. The summed E-state index contributed by atoms with van der Waals surface area (Å²) in [6.45, 7) is 1.83. The number of anilines is 2. The molecule has 0 aliphatic heterocycles. The normalized spacial score (nSPS) is 10.2. The lowest BCUT2D eigenvalue weighted by Gasteiger charge is -2.10. The fourth-order valence-corrected chi connectivity index (χ4v) is 2.58. The van der Waals surface area contributed by atoms with E-state index in [1.54, 1.807) is 37.4 Å². The van der Waals surface area contributed by atoms with E-state index in [-0.39, 0.29) is 17.4 Å². The third-order valence-corrected chi connectivity index (χ3v) is 4.07. The van der Waals surface area contributed by atoms with Crippen LogP contribution in [0.5, 0.6) is 5.75 Å². The number of rotatable bonds is 7. The highest BCUT2D eigenvalue weighted by Crippen LogP contribution is 2.17. The summed E-state index contributed by atoms with van der Waals surface area (Å²) in [5, 5.41) is 5.85. The Kier molecular flexibility index (Phi) is 5.96. The minimum Gasteiger partial charge on any atom is -0.496 e. The van der Waals surface area contributed by atoms with Gasteiger partial charge in [-0.2, -0.15) is 0 Å². The Labute approximate surface area is 162 Å². The zero-order valence-electron chi connectivity index (χ0n) is 15.6. The number of ether oxygens (including phenoxy) is 1. The van der Waals surface area contributed by atoms with Crippen LogP contribution < -0.4 is 15.4 Å². The van der Waals surface area contributed by atoms with Gasteiger partial charge in [0, 0.05) is 29.6 Å². The molecule has 0 saturated carbocycles. The molecule has 0 saturated heterocycles. The molecule has 0 fully saturated rings. The van der Waals surface area contributed by atoms with Gasteiger partial charge in [0.2, 0.25) is 5.95 Å². The minimum atomic E-state index is -0.316. The minimum absolute atomic E-state index is 0.00323. The van der Waals surface area contributed by atoms with Gasteiger partial charge in [-0.05, 0) is 43.3 Å². The zero-order valence-corrected chi connectivity index (χ0v) is 15.6. The summed E-state index contributed by atoms with van der Waals surface area (Å²) in [6.07, 6.45) is 1.51. The van der Waals surface area contributed by atoms with E-state index >= 15 is 0 Å². The lowest BCUT2D eigenvalue weighted by molar-refractivity contribution is 0.0944. The predicted octanol–water partition coefficient (Wildman–Crippen LogP) is 3.36. The van der Waals surface area contributed by atoms with Crippen molar-refractivity contribution in [3.63, 3.8) is 0 Å². The van der Waals surface area contributed by atoms with Crippen molar-refractivity contribution >= 4 is 23.3 Å². The third-order valence-electron chi connectivity index (χ3n) is 4.07. The van der Waals surface area contributed by atoms with Crippen molar-refractivity contribution < 1.29 is 14.3 Å². The zero-order chi connectivity index (χ0) is 19.9. The Morgan fingerprint density at radius 2 is 1.79 bits per heavy atom. The number of Topliss-reactive ketones (excluding diaryl/α,β-unsaturated/α-hetero) is 1. The highest BCUT2D eigenvalue weighted by atomic mass is 16.5. The molecule has 7 nitrogen and oxygen atoms in total. The third kappa shape index (κ3) is 4.70. The van der Waals surface area contributed by atoms with Crippen molar-refractivity contribution in [3.05, 3.63) is 77.6 Å². The van der Waals surface area contributed by atoms with Crippen molar-refractivity contribution in [1.29, 1.82) is 0 Å². The fourth-order valence-electron chi connectivity index (χ4n) is 2.58. The second kappa shape index (κ2) is 8.77. The Balaban J connectivity index is 1.66. The molecule has 7 heteroatoms. The largest absolute Gasteiger partial charge is 0.496 e. The number of carbonyl (C=O) groups is 2. The Bertz CT molecular complexity index is 987. The van der Waals surface area contributed by atoms with Crippen LogP contribution in [0.15, 0.2) is 60.8 Å². The van der Waals surface area contributed by atoms with Crippen molar-refractivity contribution in [3.8, 4) is 5.75 Å². The van der Waals surface area contributed by atoms with Crippen molar-refractivity contribution in [2.24, 2.45) is 0 Å². The molecule has 0 bridgehead atoms. The Morgan fingerprint density at radius 3 is 2.50 bits per heavy atom. The Morgan fingerprint density at radius 1 is 1.04 bits per heavy atom. The van der Waals surface area contributed by atoms with Gasteiger partial charge in [0.05, 0.1) is 7.11 Å². The molecule has 1 amide bonds. The van der Waals surface area contributed by atoms with E-state index in [0.29, 0.717) is 23.8 Å². The highest BCUT2D eigenvalue weighted by molar-refractivity contribution is 5.94. The molecule has 0 aliphatic carbocycles. The van der Waals surface area contributed by atoms with Gasteiger partial charge in [-0.1, -0.05) is 18.2 Å². The first-order chi connectivity index (χ1) is 13.6. The van der Waals surface area contributed by atoms with Crippen molar-refractivity contribution in [2.45, 2.75) is 13.5 Å². The Hall–Kier alpha value is -3.74. The highest BCUT2D eigenvalue weighted by Gasteiger charge is 2.10. The van der Waals surface area contributed by atoms with Crippen LogP contribution in [0.3, 0.4) is 0 Å². The van der Waals surface area contributed by atoms with E-state index in [1.807, 2.05) is 24.3 Å². The van der Waals surface area contributed by atoms with Gasteiger partial charge in [0.1, 0.15) is 11.4 Å². The average molecular weight is 376 g/mol. The van der Waals surface area contributed by atoms with E-state index in [1.165, 1.54) is 13.1 Å². The maximum Gasteiger partial charge on any atom is 0.270 e. The van der Waals surface area contributed by atoms with Crippen molar-refractivity contribution in [1.82, 2.24) is 15.3 Å². The number of para-hydroxylation sites is 1. The molecule has 142 valence electrons. The van der Waals surface area contributed by atoms with Crippen molar-refractivity contribution in [2.75, 3.05) is 12.4 Å². The van der Waals surface area contributed by atoms with E-state index < -0.39 is 0 Å². The molecule has 0 aliphatic rings. The number of carbonyl (C=O) groups excluding carboxylic acids is 2.